The largest absolute Gasteiger partial charge is 0.311 e. The zero-order valence-electron chi connectivity index (χ0n) is 14.0. The van der Waals surface area contributed by atoms with Gasteiger partial charge in [0.15, 0.2) is 9.84 Å². The Balaban J connectivity index is 1.50. The van der Waals surface area contributed by atoms with Gasteiger partial charge in [0, 0.05) is 29.8 Å². The second-order valence-corrected chi connectivity index (χ2v) is 8.87. The second-order valence-electron chi connectivity index (χ2n) is 6.64. The van der Waals surface area contributed by atoms with Crippen molar-refractivity contribution in [1.29, 1.82) is 0 Å². The molecule has 1 aliphatic heterocycles. The van der Waals surface area contributed by atoms with Gasteiger partial charge in [-0.3, -0.25) is 9.89 Å². The van der Waals surface area contributed by atoms with E-state index in [4.69, 9.17) is 0 Å². The fourth-order valence-electron chi connectivity index (χ4n) is 3.29. The third-order valence-corrected chi connectivity index (χ3v) is 6.46. The number of H-pyrrole nitrogens is 1. The topological polar surface area (TPSA) is 105 Å². The van der Waals surface area contributed by atoms with Crippen LogP contribution in [0.5, 0.6) is 0 Å². The number of rotatable bonds is 4. The van der Waals surface area contributed by atoms with Crippen LogP contribution in [0, 0.1) is 5.92 Å². The molecule has 1 unspecified atom stereocenters. The Morgan fingerprint density at radius 3 is 2.81 bits per heavy atom. The van der Waals surface area contributed by atoms with E-state index < -0.39 is 9.84 Å². The van der Waals surface area contributed by atoms with Gasteiger partial charge >= 0.3 is 0 Å². The Morgan fingerprint density at radius 1 is 1.19 bits per heavy atom. The summed E-state index contributed by atoms with van der Waals surface area (Å²) >= 11 is 0. The van der Waals surface area contributed by atoms with Gasteiger partial charge in [0.1, 0.15) is 5.82 Å². The number of anilines is 1. The van der Waals surface area contributed by atoms with Crippen molar-refractivity contribution >= 4 is 32.3 Å². The minimum atomic E-state index is -2.97. The van der Waals surface area contributed by atoms with Crippen LogP contribution in [-0.2, 0) is 14.6 Å². The summed E-state index contributed by atoms with van der Waals surface area (Å²) in [6.45, 7) is 0. The number of nitrogens with one attached hydrogen (secondary N) is 2. The molecule has 26 heavy (non-hydrogen) atoms. The molecule has 3 heterocycles. The summed E-state index contributed by atoms with van der Waals surface area (Å²) in [6.07, 6.45) is 6.04. The van der Waals surface area contributed by atoms with E-state index in [-0.39, 0.29) is 29.8 Å². The van der Waals surface area contributed by atoms with Crippen LogP contribution >= 0.6 is 0 Å². The summed E-state index contributed by atoms with van der Waals surface area (Å²) in [7, 11) is -2.97. The molecule has 0 saturated carbocycles. The molecule has 7 nitrogen and oxygen atoms in total. The fraction of sp³-hybridized carbons (Fsp3) is 0.278. The van der Waals surface area contributed by atoms with Crippen LogP contribution in [0.2, 0.25) is 0 Å². The number of hydrogen-bond donors (Lipinski definition) is 2. The quantitative estimate of drug-likeness (QED) is 0.734. The highest BCUT2D eigenvalue weighted by atomic mass is 32.2. The maximum Gasteiger partial charge on any atom is 0.225 e. The highest BCUT2D eigenvalue weighted by molar-refractivity contribution is 7.91. The highest BCUT2D eigenvalue weighted by Gasteiger charge is 2.29. The molecule has 8 heteroatoms. The molecule has 0 spiro atoms. The van der Waals surface area contributed by atoms with Gasteiger partial charge in [-0.1, -0.05) is 12.1 Å². The van der Waals surface area contributed by atoms with Crippen molar-refractivity contribution in [3.63, 3.8) is 0 Å². The first-order chi connectivity index (χ1) is 12.5. The van der Waals surface area contributed by atoms with E-state index in [1.807, 2.05) is 30.5 Å². The zero-order chi connectivity index (χ0) is 18.1. The predicted molar refractivity (Wildman–Crippen MR) is 99.3 cm³/mol. The van der Waals surface area contributed by atoms with Crippen molar-refractivity contribution in [2.75, 3.05) is 16.8 Å². The molecule has 0 bridgehead atoms. The van der Waals surface area contributed by atoms with Gasteiger partial charge in [-0.15, -0.1) is 0 Å². The van der Waals surface area contributed by atoms with Gasteiger partial charge in [0.2, 0.25) is 5.91 Å². The number of nitrogens with zero attached hydrogens (tertiary/aromatic N) is 2. The van der Waals surface area contributed by atoms with Crippen molar-refractivity contribution < 1.29 is 13.2 Å². The molecule has 3 aromatic rings. The molecule has 2 N–H and O–H groups in total. The van der Waals surface area contributed by atoms with E-state index in [9.17, 15) is 13.2 Å². The van der Waals surface area contributed by atoms with E-state index in [1.165, 1.54) is 0 Å². The first-order valence-corrected chi connectivity index (χ1v) is 10.2. The van der Waals surface area contributed by atoms with Gasteiger partial charge in [-0.05, 0) is 35.4 Å². The van der Waals surface area contributed by atoms with Crippen molar-refractivity contribution in [3.05, 3.63) is 42.9 Å². The van der Waals surface area contributed by atoms with Crippen molar-refractivity contribution in [1.82, 2.24) is 15.2 Å². The van der Waals surface area contributed by atoms with E-state index in [0.717, 1.165) is 21.9 Å². The summed E-state index contributed by atoms with van der Waals surface area (Å²) in [5.41, 5.74) is 2.00. The third kappa shape index (κ3) is 3.60. The SMILES string of the molecule is O=C(CC1CCS(=O)(=O)C1)Nc1cc2cc(-c3cn[nH]c3)ccc2cn1. The zero-order valence-corrected chi connectivity index (χ0v) is 14.8. The van der Waals surface area contributed by atoms with Gasteiger partial charge in [-0.25, -0.2) is 13.4 Å². The normalized spacial score (nSPS) is 18.8. The molecule has 1 atom stereocenters. The summed E-state index contributed by atoms with van der Waals surface area (Å²) < 4.78 is 23.0. The van der Waals surface area contributed by atoms with Crippen LogP contribution in [0.1, 0.15) is 12.8 Å². The maximum atomic E-state index is 12.2. The molecule has 134 valence electrons. The smallest absolute Gasteiger partial charge is 0.225 e. The maximum absolute atomic E-state index is 12.2. The van der Waals surface area contributed by atoms with E-state index in [0.29, 0.717) is 12.2 Å². The highest BCUT2D eigenvalue weighted by Crippen LogP contribution is 2.25. The van der Waals surface area contributed by atoms with Crippen molar-refractivity contribution in [2.24, 2.45) is 5.92 Å². The van der Waals surface area contributed by atoms with E-state index >= 15 is 0 Å². The molecule has 2 aromatic heterocycles. The molecule has 0 aliphatic carbocycles. The number of hydrogen-bond acceptors (Lipinski definition) is 5. The third-order valence-electron chi connectivity index (χ3n) is 4.62. The van der Waals surface area contributed by atoms with E-state index in [2.05, 4.69) is 20.5 Å². The lowest BCUT2D eigenvalue weighted by Gasteiger charge is -2.09. The lowest BCUT2D eigenvalue weighted by atomic mass is 10.0. The lowest BCUT2D eigenvalue weighted by Crippen LogP contribution is -2.18. The van der Waals surface area contributed by atoms with Crippen molar-refractivity contribution in [2.45, 2.75) is 12.8 Å². The lowest BCUT2D eigenvalue weighted by molar-refractivity contribution is -0.116. The number of benzene rings is 1. The number of carbonyl (C=O) groups is 1. The number of sulfone groups is 1. The van der Waals surface area contributed by atoms with Crippen molar-refractivity contribution in [3.8, 4) is 11.1 Å². The number of pyridine rings is 1. The number of fused-ring (bicyclic) bond motifs is 1. The molecule has 1 aromatic carbocycles. The van der Waals surface area contributed by atoms with Crippen LogP contribution in [0.4, 0.5) is 5.82 Å². The van der Waals surface area contributed by atoms with Crippen LogP contribution in [0.25, 0.3) is 21.9 Å². The molecule has 0 radical (unpaired) electrons. The van der Waals surface area contributed by atoms with Crippen LogP contribution in [0.3, 0.4) is 0 Å². The Labute approximate surface area is 150 Å². The second kappa shape index (κ2) is 6.53. The van der Waals surface area contributed by atoms with Crippen LogP contribution in [0.15, 0.2) is 42.9 Å². The minimum Gasteiger partial charge on any atom is -0.311 e. The number of aromatic amines is 1. The minimum absolute atomic E-state index is 0.0969. The predicted octanol–water partition coefficient (Wildman–Crippen LogP) is 2.39. The number of carbonyl (C=O) groups excluding carboxylic acids is 1. The summed E-state index contributed by atoms with van der Waals surface area (Å²) in [5.74, 6) is 0.432. The molecule has 1 aliphatic rings. The van der Waals surface area contributed by atoms with Gasteiger partial charge in [0.05, 0.1) is 17.7 Å². The van der Waals surface area contributed by atoms with Gasteiger partial charge in [-0.2, -0.15) is 5.10 Å². The monoisotopic (exact) mass is 370 g/mol. The Hall–Kier alpha value is -2.74. The van der Waals surface area contributed by atoms with Crippen LogP contribution in [-0.4, -0.2) is 41.0 Å². The number of amides is 1. The Bertz CT molecular complexity index is 1060. The van der Waals surface area contributed by atoms with Gasteiger partial charge < -0.3 is 5.32 Å². The molecular weight excluding hydrogens is 352 g/mol. The standard InChI is InChI=1S/C18H18N4O3S/c23-18(5-12-3-4-26(24,25)11-12)22-17-7-15-6-13(16-9-20-21-10-16)1-2-14(15)8-19-17/h1-2,6-10,12H,3-5,11H2,(H,20,21)(H,19,22,23). The summed E-state index contributed by atoms with van der Waals surface area (Å²) in [5, 5.41) is 11.5. The van der Waals surface area contributed by atoms with E-state index in [1.54, 1.807) is 12.4 Å². The Morgan fingerprint density at radius 2 is 2.08 bits per heavy atom. The molecular formula is C18H18N4O3S. The first-order valence-electron chi connectivity index (χ1n) is 8.38. The molecule has 4 rings (SSSR count). The molecule has 1 amide bonds. The Kier molecular flexibility index (Phi) is 4.20. The first kappa shape index (κ1) is 16.7. The number of aromatic nitrogens is 3. The molecule has 1 saturated heterocycles. The average Bonchev–Trinajstić information content (AvgIpc) is 3.24. The van der Waals surface area contributed by atoms with Crippen LogP contribution < -0.4 is 5.32 Å². The average molecular weight is 370 g/mol. The fourth-order valence-corrected chi connectivity index (χ4v) is 5.15. The van der Waals surface area contributed by atoms with Gasteiger partial charge in [0.25, 0.3) is 0 Å². The molecule has 1 fully saturated rings. The summed E-state index contributed by atoms with van der Waals surface area (Å²) in [4.78, 5) is 16.5. The summed E-state index contributed by atoms with van der Waals surface area (Å²) in [6, 6.07) is 7.80.